The number of carbonyl (C=O) groups excluding carboxylic acids is 1. The second kappa shape index (κ2) is 31.2. The van der Waals surface area contributed by atoms with Crippen molar-refractivity contribution in [3.63, 3.8) is 0 Å². The first-order valence-corrected chi connectivity index (χ1v) is 14.4. The maximum atomic E-state index is 11.8. The van der Waals surface area contributed by atoms with E-state index in [0.29, 0.717) is 124 Å². The summed E-state index contributed by atoms with van der Waals surface area (Å²) in [6.45, 7) is 8.07. The van der Waals surface area contributed by atoms with Crippen molar-refractivity contribution in [3.8, 4) is 0 Å². The lowest BCUT2D eigenvalue weighted by molar-refractivity contribution is -0.142. The van der Waals surface area contributed by atoms with E-state index in [0.717, 1.165) is 0 Å². The molecule has 0 aliphatic heterocycles. The van der Waals surface area contributed by atoms with Crippen LogP contribution in [0, 0.1) is 0 Å². The van der Waals surface area contributed by atoms with E-state index in [1.807, 2.05) is 6.07 Å². The Morgan fingerprint density at radius 3 is 1.00 bits per heavy atom. The van der Waals surface area contributed by atoms with Gasteiger partial charge in [0, 0.05) is 0 Å². The van der Waals surface area contributed by atoms with Crippen LogP contribution in [0.3, 0.4) is 0 Å². The van der Waals surface area contributed by atoms with Gasteiger partial charge >= 0.3 is 11.9 Å². The molecule has 1 aromatic carbocycles. The highest BCUT2D eigenvalue weighted by atomic mass is 16.6. The molecule has 0 aliphatic carbocycles. The van der Waals surface area contributed by atoms with E-state index in [-0.39, 0.29) is 25.8 Å². The smallest absolute Gasteiger partial charge is 0.338 e. The van der Waals surface area contributed by atoms with Gasteiger partial charge in [-0.3, -0.25) is 0 Å². The number of carboxylic acids is 1. The van der Waals surface area contributed by atoms with Crippen LogP contribution in [-0.4, -0.2) is 156 Å². The lowest BCUT2D eigenvalue weighted by Crippen LogP contribution is -2.16. The van der Waals surface area contributed by atoms with Crippen LogP contribution >= 0.6 is 0 Å². The molecule has 1 N–H and O–H groups in total. The summed E-state index contributed by atoms with van der Waals surface area (Å²) in [6.07, 6.45) is 0. The van der Waals surface area contributed by atoms with Crippen molar-refractivity contribution >= 4 is 11.9 Å². The minimum absolute atomic E-state index is 0.196. The Hall–Kier alpha value is -2.24. The lowest BCUT2D eigenvalue weighted by Gasteiger charge is -2.09. The Morgan fingerprint density at radius 1 is 0.419 bits per heavy atom. The predicted molar refractivity (Wildman–Crippen MR) is 153 cm³/mol. The molecule has 0 aromatic heterocycles. The minimum Gasteiger partial charge on any atom is -0.480 e. The van der Waals surface area contributed by atoms with Crippen molar-refractivity contribution < 1.29 is 66.8 Å². The van der Waals surface area contributed by atoms with E-state index >= 15 is 0 Å². The molecule has 0 heterocycles. The average molecular weight is 621 g/mol. The lowest BCUT2D eigenvalue weighted by atomic mass is 10.2. The van der Waals surface area contributed by atoms with Crippen molar-refractivity contribution in [1.29, 1.82) is 0 Å². The van der Waals surface area contributed by atoms with Crippen LogP contribution in [0.1, 0.15) is 10.4 Å². The fourth-order valence-electron chi connectivity index (χ4n) is 2.99. The maximum absolute atomic E-state index is 11.8. The van der Waals surface area contributed by atoms with Crippen LogP contribution in [0.5, 0.6) is 0 Å². The summed E-state index contributed by atoms with van der Waals surface area (Å²) >= 11 is 0. The molecular formula is C29H48O14. The maximum Gasteiger partial charge on any atom is 0.338 e. The monoisotopic (exact) mass is 620 g/mol. The molecule has 0 amide bonds. The highest BCUT2D eigenvalue weighted by Gasteiger charge is 2.05. The van der Waals surface area contributed by atoms with Crippen LogP contribution in [0.25, 0.3) is 0 Å². The number of esters is 1. The van der Waals surface area contributed by atoms with Crippen LogP contribution in [0.4, 0.5) is 0 Å². The Balaban J connectivity index is 1.64. The third-order valence-electron chi connectivity index (χ3n) is 5.04. The second-order valence-electron chi connectivity index (χ2n) is 8.46. The molecule has 0 aliphatic rings. The Morgan fingerprint density at radius 2 is 0.698 bits per heavy atom. The van der Waals surface area contributed by atoms with Crippen LogP contribution in [0.2, 0.25) is 0 Å². The fraction of sp³-hybridized carbons (Fsp3) is 0.724. The molecule has 0 saturated carbocycles. The largest absolute Gasteiger partial charge is 0.480 e. The first kappa shape index (κ1) is 38.8. The molecule has 14 nitrogen and oxygen atoms in total. The number of rotatable bonds is 33. The number of hydrogen-bond acceptors (Lipinski definition) is 13. The summed E-state index contributed by atoms with van der Waals surface area (Å²) in [4.78, 5) is 22.0. The molecule has 0 radical (unpaired) electrons. The molecule has 0 saturated heterocycles. The summed E-state index contributed by atoms with van der Waals surface area (Å²) in [6, 6.07) is 8.82. The zero-order valence-corrected chi connectivity index (χ0v) is 25.0. The number of aliphatic carboxylic acids is 1. The van der Waals surface area contributed by atoms with Crippen molar-refractivity contribution in [3.05, 3.63) is 35.9 Å². The van der Waals surface area contributed by atoms with Gasteiger partial charge in [0.2, 0.25) is 0 Å². The fourth-order valence-corrected chi connectivity index (χ4v) is 2.99. The Kier molecular flexibility index (Phi) is 28.1. The molecule has 1 rings (SSSR count). The van der Waals surface area contributed by atoms with E-state index in [1.54, 1.807) is 24.3 Å². The predicted octanol–water partition coefficient (Wildman–Crippen LogP) is 1.09. The number of carboxylic acid groups (broad SMARTS) is 1. The van der Waals surface area contributed by atoms with Gasteiger partial charge in [0.1, 0.15) is 13.2 Å². The van der Waals surface area contributed by atoms with Crippen molar-refractivity contribution in [1.82, 2.24) is 0 Å². The zero-order chi connectivity index (χ0) is 30.9. The summed E-state index contributed by atoms with van der Waals surface area (Å²) < 4.78 is 58.5. The van der Waals surface area contributed by atoms with Gasteiger partial charge < -0.3 is 57.2 Å². The Labute approximate surface area is 253 Å². The summed E-state index contributed by atoms with van der Waals surface area (Å²) in [7, 11) is 0. The number of benzene rings is 1. The SMILES string of the molecule is O=C(O)COCCOCCOCCOCCOCCOCCOCCOCCOCCOCCOC(=O)c1ccccc1. The highest BCUT2D eigenvalue weighted by Crippen LogP contribution is 2.00. The molecule has 0 unspecified atom stereocenters. The standard InChI is InChI=1S/C29H48O14/c30-28(31)26-42-23-22-40-19-18-38-15-14-36-11-10-34-7-6-33-8-9-35-12-13-37-16-17-39-20-21-41-24-25-43-29(32)27-4-2-1-3-5-27/h1-5H,6-26H2,(H,30,31). The molecule has 248 valence electrons. The Bertz CT molecular complexity index is 752. The van der Waals surface area contributed by atoms with Gasteiger partial charge in [-0.15, -0.1) is 0 Å². The molecule has 0 spiro atoms. The minimum atomic E-state index is -0.999. The van der Waals surface area contributed by atoms with Gasteiger partial charge in [-0.1, -0.05) is 18.2 Å². The highest BCUT2D eigenvalue weighted by molar-refractivity contribution is 5.89. The van der Waals surface area contributed by atoms with Crippen LogP contribution in [0.15, 0.2) is 30.3 Å². The van der Waals surface area contributed by atoms with Gasteiger partial charge in [-0.25, -0.2) is 9.59 Å². The third kappa shape index (κ3) is 28.3. The molecule has 0 bridgehead atoms. The van der Waals surface area contributed by atoms with Crippen LogP contribution in [-0.2, 0) is 56.9 Å². The molecule has 0 atom stereocenters. The van der Waals surface area contributed by atoms with Crippen molar-refractivity contribution in [2.75, 3.05) is 139 Å². The van der Waals surface area contributed by atoms with E-state index < -0.39 is 5.97 Å². The van der Waals surface area contributed by atoms with Crippen LogP contribution < -0.4 is 0 Å². The quantitative estimate of drug-likeness (QED) is 0.0880. The third-order valence-corrected chi connectivity index (χ3v) is 5.04. The number of hydrogen-bond donors (Lipinski definition) is 1. The van der Waals surface area contributed by atoms with E-state index in [1.165, 1.54) is 0 Å². The molecule has 43 heavy (non-hydrogen) atoms. The second-order valence-corrected chi connectivity index (χ2v) is 8.46. The molecule has 14 heteroatoms. The number of carbonyl (C=O) groups is 2. The molecule has 1 aromatic rings. The zero-order valence-electron chi connectivity index (χ0n) is 25.0. The summed E-state index contributed by atoms with van der Waals surface area (Å²) in [5.74, 6) is -1.36. The van der Waals surface area contributed by atoms with E-state index in [2.05, 4.69) is 0 Å². The van der Waals surface area contributed by atoms with Gasteiger partial charge in [0.25, 0.3) is 0 Å². The van der Waals surface area contributed by atoms with Crippen molar-refractivity contribution in [2.24, 2.45) is 0 Å². The van der Waals surface area contributed by atoms with Gasteiger partial charge in [-0.05, 0) is 12.1 Å². The first-order chi connectivity index (χ1) is 21.2. The summed E-state index contributed by atoms with van der Waals surface area (Å²) in [5.41, 5.74) is 0.520. The average Bonchev–Trinajstić information content (AvgIpc) is 3.01. The van der Waals surface area contributed by atoms with Gasteiger partial charge in [0.15, 0.2) is 0 Å². The van der Waals surface area contributed by atoms with E-state index in [4.69, 9.17) is 57.2 Å². The molecular weight excluding hydrogens is 572 g/mol. The summed E-state index contributed by atoms with van der Waals surface area (Å²) in [5, 5.41) is 8.41. The van der Waals surface area contributed by atoms with Crippen molar-refractivity contribution in [2.45, 2.75) is 0 Å². The topological polar surface area (TPSA) is 156 Å². The van der Waals surface area contributed by atoms with E-state index in [9.17, 15) is 9.59 Å². The normalized spacial score (nSPS) is 11.2. The van der Waals surface area contributed by atoms with Gasteiger partial charge in [0.05, 0.1) is 131 Å². The number of ether oxygens (including phenoxy) is 11. The first-order valence-electron chi connectivity index (χ1n) is 14.4. The molecule has 0 fully saturated rings. The van der Waals surface area contributed by atoms with Gasteiger partial charge in [-0.2, -0.15) is 0 Å².